The molecule has 1 heterocycles. The van der Waals surface area contributed by atoms with Crippen LogP contribution in [0.3, 0.4) is 0 Å². The maximum Gasteiger partial charge on any atom is 0.400 e. The van der Waals surface area contributed by atoms with Gasteiger partial charge in [-0.3, -0.25) is 0 Å². The molecule has 0 unspecified atom stereocenters. The van der Waals surface area contributed by atoms with Crippen LogP contribution in [0.2, 0.25) is 0 Å². The van der Waals surface area contributed by atoms with Crippen LogP contribution in [0.1, 0.15) is 0 Å². The van der Waals surface area contributed by atoms with Crippen LogP contribution in [-0.2, 0) is 0 Å². The predicted octanol–water partition coefficient (Wildman–Crippen LogP) is 2.90. The van der Waals surface area contributed by atoms with Gasteiger partial charge in [-0.2, -0.15) is 35.1 Å². The summed E-state index contributed by atoms with van der Waals surface area (Å²) in [5.41, 5.74) is 0. The first-order chi connectivity index (χ1) is 6.44. The van der Waals surface area contributed by atoms with Gasteiger partial charge in [-0.1, -0.05) is 6.58 Å². The van der Waals surface area contributed by atoms with Crippen LogP contribution in [-0.4, -0.2) is 28.8 Å². The van der Waals surface area contributed by atoms with Crippen molar-refractivity contribution in [1.29, 1.82) is 0 Å². The molecule has 0 N–H and O–H groups in total. The normalized spacial score (nSPS) is 30.3. The minimum Gasteiger partial charge on any atom is -0.250 e. The van der Waals surface area contributed by atoms with Gasteiger partial charge >= 0.3 is 23.9 Å². The second-order valence-corrected chi connectivity index (χ2v) is 2.78. The molecule has 0 bridgehead atoms. The molecule has 0 aliphatic carbocycles. The highest BCUT2D eigenvalue weighted by Gasteiger charge is 2.92. The summed E-state index contributed by atoms with van der Waals surface area (Å²) >= 11 is 0. The van der Waals surface area contributed by atoms with Gasteiger partial charge in [-0.05, 0) is 0 Å². The van der Waals surface area contributed by atoms with Crippen LogP contribution < -0.4 is 0 Å². The average Bonchev–Trinajstić information content (AvgIpc) is 2.07. The molecular weight excluding hydrogens is 238 g/mol. The van der Waals surface area contributed by atoms with Crippen LogP contribution in [0, 0.1) is 0 Å². The molecule has 1 aliphatic rings. The maximum atomic E-state index is 12.5. The molecule has 0 spiro atoms. The number of likely N-dealkylation sites (tertiary alicyclic amines) is 1. The van der Waals surface area contributed by atoms with E-state index in [2.05, 4.69) is 6.58 Å². The lowest BCUT2D eigenvalue weighted by molar-refractivity contribution is -0.303. The standard InChI is InChI=1S/C6H3F8N/c1-2-15-5(11,12)3(7,8)4(9,10)6(15,13)14/h2H,1H2. The summed E-state index contributed by atoms with van der Waals surface area (Å²) in [6.07, 6.45) is -0.450. The molecular formula is C6H3F8N. The lowest BCUT2D eigenvalue weighted by Gasteiger charge is -2.25. The number of hydrogen-bond acceptors (Lipinski definition) is 1. The number of alkyl halides is 8. The molecule has 0 aromatic heterocycles. The van der Waals surface area contributed by atoms with Gasteiger partial charge in [0.05, 0.1) is 0 Å². The zero-order valence-corrected chi connectivity index (χ0v) is 6.76. The zero-order chi connectivity index (χ0) is 12.3. The average molecular weight is 241 g/mol. The summed E-state index contributed by atoms with van der Waals surface area (Å²) in [6, 6.07) is -11.4. The molecule has 0 atom stereocenters. The lowest BCUT2D eigenvalue weighted by atomic mass is 10.2. The van der Waals surface area contributed by atoms with Crippen molar-refractivity contribution in [2.45, 2.75) is 23.9 Å². The third-order valence-electron chi connectivity index (χ3n) is 1.94. The minimum absolute atomic E-state index is 0.450. The summed E-state index contributed by atoms with van der Waals surface area (Å²) in [5.74, 6) is -12.3. The van der Waals surface area contributed by atoms with Gasteiger partial charge in [0.2, 0.25) is 0 Å². The summed E-state index contributed by atoms with van der Waals surface area (Å²) < 4.78 is 99.5. The number of halogens is 8. The first-order valence-electron chi connectivity index (χ1n) is 3.38. The van der Waals surface area contributed by atoms with Gasteiger partial charge in [0.15, 0.2) is 0 Å². The highest BCUT2D eigenvalue weighted by Crippen LogP contribution is 2.62. The fraction of sp³-hybridized carbons (Fsp3) is 0.667. The van der Waals surface area contributed by atoms with Crippen LogP contribution >= 0.6 is 0 Å². The molecule has 0 aromatic rings. The Balaban J connectivity index is 3.46. The van der Waals surface area contributed by atoms with E-state index in [1.54, 1.807) is 0 Å². The molecule has 0 amide bonds. The Hall–Kier alpha value is -1.02. The van der Waals surface area contributed by atoms with E-state index in [0.29, 0.717) is 0 Å². The van der Waals surface area contributed by atoms with Crippen LogP contribution in [0.25, 0.3) is 0 Å². The third-order valence-corrected chi connectivity index (χ3v) is 1.94. The fourth-order valence-electron chi connectivity index (χ4n) is 1.09. The predicted molar refractivity (Wildman–Crippen MR) is 31.8 cm³/mol. The molecule has 9 heteroatoms. The third kappa shape index (κ3) is 0.979. The Morgan fingerprint density at radius 3 is 1.13 bits per heavy atom. The summed E-state index contributed by atoms with van der Waals surface area (Å²) in [5, 5.41) is 0. The molecule has 15 heavy (non-hydrogen) atoms. The SMILES string of the molecule is C=CN1C(F)(F)C(F)(F)C(F)(F)C1(F)F. The van der Waals surface area contributed by atoms with Gasteiger partial charge in [0.25, 0.3) is 0 Å². The lowest BCUT2D eigenvalue weighted by Crippen LogP contribution is -2.51. The van der Waals surface area contributed by atoms with Crippen molar-refractivity contribution in [3.8, 4) is 0 Å². The summed E-state index contributed by atoms with van der Waals surface area (Å²) in [6.45, 7) is 2.36. The molecule has 1 nitrogen and oxygen atoms in total. The van der Waals surface area contributed by atoms with Crippen molar-refractivity contribution < 1.29 is 35.1 Å². The van der Waals surface area contributed by atoms with Crippen LogP contribution in [0.4, 0.5) is 35.1 Å². The van der Waals surface area contributed by atoms with Crippen molar-refractivity contribution in [1.82, 2.24) is 4.90 Å². The zero-order valence-electron chi connectivity index (χ0n) is 6.76. The molecule has 1 aliphatic heterocycles. The summed E-state index contributed by atoms with van der Waals surface area (Å²) in [4.78, 5) is -1.74. The van der Waals surface area contributed by atoms with Gasteiger partial charge in [0, 0.05) is 6.20 Å². The van der Waals surface area contributed by atoms with E-state index in [9.17, 15) is 35.1 Å². The fourth-order valence-corrected chi connectivity index (χ4v) is 1.09. The van der Waals surface area contributed by atoms with E-state index < -0.39 is 35.0 Å². The molecule has 0 radical (unpaired) electrons. The molecule has 1 fully saturated rings. The number of nitrogens with zero attached hydrogens (tertiary/aromatic N) is 1. The number of rotatable bonds is 1. The van der Waals surface area contributed by atoms with Crippen molar-refractivity contribution in [3.63, 3.8) is 0 Å². The Morgan fingerprint density at radius 1 is 0.733 bits per heavy atom. The number of hydrogen-bond donors (Lipinski definition) is 0. The van der Waals surface area contributed by atoms with E-state index in [1.165, 1.54) is 0 Å². The maximum absolute atomic E-state index is 12.5. The first kappa shape index (κ1) is 12.1. The van der Waals surface area contributed by atoms with E-state index in [0.717, 1.165) is 0 Å². The second kappa shape index (κ2) is 2.56. The molecule has 1 rings (SSSR count). The second-order valence-electron chi connectivity index (χ2n) is 2.78. The first-order valence-corrected chi connectivity index (χ1v) is 3.38. The molecule has 0 aromatic carbocycles. The van der Waals surface area contributed by atoms with Crippen molar-refractivity contribution in [2.75, 3.05) is 0 Å². The van der Waals surface area contributed by atoms with Crippen LogP contribution in [0.15, 0.2) is 12.8 Å². The highest BCUT2D eigenvalue weighted by molar-refractivity contribution is 5.14. The van der Waals surface area contributed by atoms with Gasteiger partial charge in [-0.15, -0.1) is 0 Å². The monoisotopic (exact) mass is 241 g/mol. The molecule has 0 saturated carbocycles. The smallest absolute Gasteiger partial charge is 0.250 e. The topological polar surface area (TPSA) is 3.24 Å². The molecule has 88 valence electrons. The van der Waals surface area contributed by atoms with Crippen LogP contribution in [0.5, 0.6) is 0 Å². The Kier molecular flexibility index (Phi) is 2.06. The van der Waals surface area contributed by atoms with E-state index >= 15 is 0 Å². The van der Waals surface area contributed by atoms with Gasteiger partial charge in [-0.25, -0.2) is 4.90 Å². The Bertz CT molecular complexity index is 270. The van der Waals surface area contributed by atoms with Gasteiger partial charge in [0.1, 0.15) is 0 Å². The van der Waals surface area contributed by atoms with Gasteiger partial charge < -0.3 is 0 Å². The largest absolute Gasteiger partial charge is 0.400 e. The van der Waals surface area contributed by atoms with Crippen molar-refractivity contribution in [2.24, 2.45) is 0 Å². The minimum atomic E-state index is -6.17. The van der Waals surface area contributed by atoms with E-state index in [1.807, 2.05) is 0 Å². The molecule has 1 saturated heterocycles. The summed E-state index contributed by atoms with van der Waals surface area (Å²) in [7, 11) is 0. The Morgan fingerprint density at radius 2 is 1.00 bits per heavy atom. The highest BCUT2D eigenvalue weighted by atomic mass is 19.4. The Labute approximate surface area is 78.0 Å². The van der Waals surface area contributed by atoms with E-state index in [4.69, 9.17) is 0 Å². The quantitative estimate of drug-likeness (QED) is 0.504. The van der Waals surface area contributed by atoms with Crippen molar-refractivity contribution >= 4 is 0 Å². The van der Waals surface area contributed by atoms with Crippen molar-refractivity contribution in [3.05, 3.63) is 12.8 Å². The van der Waals surface area contributed by atoms with E-state index in [-0.39, 0.29) is 0 Å².